The number of rotatable bonds is 1. The lowest BCUT2D eigenvalue weighted by Gasteiger charge is -1.98. The first-order valence-electron chi connectivity index (χ1n) is 3.03. The lowest BCUT2D eigenvalue weighted by molar-refractivity contribution is 0.601. The average molecular weight is 251 g/mol. The van der Waals surface area contributed by atoms with Gasteiger partial charge < -0.3 is 0 Å². The molecular weight excluding hydrogens is 244 g/mol. The van der Waals surface area contributed by atoms with E-state index in [9.17, 15) is 4.39 Å². The van der Waals surface area contributed by atoms with Gasteiger partial charge in [0.05, 0.1) is 3.57 Å². The Bertz CT molecular complexity index is 237. The Hall–Kier alpha value is -0.190. The third-order valence-electron chi connectivity index (χ3n) is 1.29. The summed E-state index contributed by atoms with van der Waals surface area (Å²) >= 11 is 1.94. The molecule has 0 aliphatic rings. The van der Waals surface area contributed by atoms with Gasteiger partial charge in [-0.05, 0) is 29.0 Å². The van der Waals surface area contributed by atoms with Gasteiger partial charge in [0.2, 0.25) is 0 Å². The fourth-order valence-electron chi connectivity index (χ4n) is 0.706. The molecule has 0 saturated carbocycles. The molecule has 0 fully saturated rings. The molecular formula is C7H7FIN. The third-order valence-corrected chi connectivity index (χ3v) is 2.04. The van der Waals surface area contributed by atoms with Crippen molar-refractivity contribution in [2.75, 3.05) is 0 Å². The smallest absolute Gasteiger partial charge is 0.142 e. The van der Waals surface area contributed by atoms with E-state index < -0.39 is 0 Å². The van der Waals surface area contributed by atoms with Crippen LogP contribution in [0.15, 0.2) is 12.4 Å². The van der Waals surface area contributed by atoms with Crippen LogP contribution in [0.1, 0.15) is 12.5 Å². The summed E-state index contributed by atoms with van der Waals surface area (Å²) in [4.78, 5) is 3.87. The first kappa shape index (κ1) is 7.91. The lowest BCUT2D eigenvalue weighted by Crippen LogP contribution is -1.92. The summed E-state index contributed by atoms with van der Waals surface area (Å²) in [6, 6.07) is 0. The second-order valence-corrected chi connectivity index (χ2v) is 3.11. The standard InChI is InChI=1S/C7H7FIN/c1-2-5-3-10-4-6(9)7(5)8/h3-4H,2H2,1H3. The van der Waals surface area contributed by atoms with E-state index in [2.05, 4.69) is 4.98 Å². The quantitative estimate of drug-likeness (QED) is 0.698. The number of halogens is 2. The van der Waals surface area contributed by atoms with Gasteiger partial charge in [0.1, 0.15) is 5.82 Å². The maximum atomic E-state index is 13.0. The van der Waals surface area contributed by atoms with Crippen molar-refractivity contribution >= 4 is 22.6 Å². The average Bonchev–Trinajstić information content (AvgIpc) is 1.95. The molecule has 0 amide bonds. The Morgan fingerprint density at radius 2 is 2.30 bits per heavy atom. The number of hydrogen-bond donors (Lipinski definition) is 0. The number of aromatic nitrogens is 1. The molecule has 0 aliphatic carbocycles. The Morgan fingerprint density at radius 1 is 1.60 bits per heavy atom. The van der Waals surface area contributed by atoms with Crippen molar-refractivity contribution in [2.45, 2.75) is 13.3 Å². The van der Waals surface area contributed by atoms with Crippen molar-refractivity contribution in [1.82, 2.24) is 4.98 Å². The van der Waals surface area contributed by atoms with Gasteiger partial charge >= 0.3 is 0 Å². The molecule has 0 saturated heterocycles. The van der Waals surface area contributed by atoms with Crippen LogP contribution in [-0.2, 0) is 6.42 Å². The summed E-state index contributed by atoms with van der Waals surface area (Å²) in [5, 5.41) is 0. The van der Waals surface area contributed by atoms with E-state index in [1.165, 1.54) is 6.20 Å². The molecule has 1 heterocycles. The number of nitrogens with zero attached hydrogens (tertiary/aromatic N) is 1. The molecule has 0 bridgehead atoms. The maximum Gasteiger partial charge on any atom is 0.142 e. The van der Waals surface area contributed by atoms with Crippen LogP contribution in [0.3, 0.4) is 0 Å². The highest BCUT2D eigenvalue weighted by Crippen LogP contribution is 2.12. The van der Waals surface area contributed by atoms with Crippen LogP contribution in [0.25, 0.3) is 0 Å². The van der Waals surface area contributed by atoms with Gasteiger partial charge in [-0.1, -0.05) is 6.92 Å². The minimum absolute atomic E-state index is 0.127. The molecule has 0 spiro atoms. The lowest BCUT2D eigenvalue weighted by atomic mass is 10.2. The van der Waals surface area contributed by atoms with Gasteiger partial charge in [-0.2, -0.15) is 0 Å². The van der Waals surface area contributed by atoms with Gasteiger partial charge in [-0.15, -0.1) is 0 Å². The van der Waals surface area contributed by atoms with Crippen molar-refractivity contribution in [3.05, 3.63) is 27.3 Å². The van der Waals surface area contributed by atoms with Crippen molar-refractivity contribution in [3.63, 3.8) is 0 Å². The van der Waals surface area contributed by atoms with Crippen LogP contribution in [0.5, 0.6) is 0 Å². The van der Waals surface area contributed by atoms with Crippen molar-refractivity contribution < 1.29 is 4.39 Å². The molecule has 54 valence electrons. The van der Waals surface area contributed by atoms with E-state index in [0.29, 0.717) is 15.6 Å². The molecule has 1 aromatic rings. The highest BCUT2D eigenvalue weighted by atomic mass is 127. The number of aryl methyl sites for hydroxylation is 1. The van der Waals surface area contributed by atoms with Crippen molar-refractivity contribution in [2.24, 2.45) is 0 Å². The predicted octanol–water partition coefficient (Wildman–Crippen LogP) is 2.39. The summed E-state index contributed by atoms with van der Waals surface area (Å²) in [7, 11) is 0. The molecule has 10 heavy (non-hydrogen) atoms. The monoisotopic (exact) mass is 251 g/mol. The van der Waals surface area contributed by atoms with Crippen molar-refractivity contribution in [3.8, 4) is 0 Å². The molecule has 0 N–H and O–H groups in total. The zero-order valence-electron chi connectivity index (χ0n) is 5.56. The first-order chi connectivity index (χ1) is 4.75. The zero-order valence-corrected chi connectivity index (χ0v) is 7.72. The number of hydrogen-bond acceptors (Lipinski definition) is 1. The van der Waals surface area contributed by atoms with Gasteiger partial charge in [-0.25, -0.2) is 4.39 Å². The molecule has 1 rings (SSSR count). The minimum Gasteiger partial charge on any atom is -0.263 e. The summed E-state index contributed by atoms with van der Waals surface area (Å²) in [6.45, 7) is 1.91. The molecule has 0 unspecified atom stereocenters. The SMILES string of the molecule is CCc1cncc(I)c1F. The second kappa shape index (κ2) is 3.27. The summed E-state index contributed by atoms with van der Waals surface area (Å²) < 4.78 is 13.5. The van der Waals surface area contributed by atoms with Crippen LogP contribution >= 0.6 is 22.6 Å². The van der Waals surface area contributed by atoms with Crippen LogP contribution < -0.4 is 0 Å². The van der Waals surface area contributed by atoms with Crippen molar-refractivity contribution in [1.29, 1.82) is 0 Å². The van der Waals surface area contributed by atoms with Gasteiger partial charge in [-0.3, -0.25) is 4.98 Å². The van der Waals surface area contributed by atoms with E-state index in [1.807, 2.05) is 29.5 Å². The summed E-state index contributed by atoms with van der Waals surface area (Å²) in [6.07, 6.45) is 3.79. The highest BCUT2D eigenvalue weighted by molar-refractivity contribution is 14.1. The van der Waals surface area contributed by atoms with Crippen LogP contribution in [0.4, 0.5) is 4.39 Å². The van der Waals surface area contributed by atoms with Gasteiger partial charge in [0.15, 0.2) is 0 Å². The van der Waals surface area contributed by atoms with Crippen LogP contribution in [-0.4, -0.2) is 4.98 Å². The second-order valence-electron chi connectivity index (χ2n) is 1.95. The van der Waals surface area contributed by atoms with Gasteiger partial charge in [0, 0.05) is 18.0 Å². The summed E-state index contributed by atoms with van der Waals surface area (Å²) in [5.41, 5.74) is 0.687. The first-order valence-corrected chi connectivity index (χ1v) is 4.11. The Morgan fingerprint density at radius 3 is 2.80 bits per heavy atom. The molecule has 1 aromatic heterocycles. The van der Waals surface area contributed by atoms with Gasteiger partial charge in [0.25, 0.3) is 0 Å². The minimum atomic E-state index is -0.127. The van der Waals surface area contributed by atoms with E-state index in [4.69, 9.17) is 0 Å². The maximum absolute atomic E-state index is 13.0. The normalized spacial score (nSPS) is 9.90. The zero-order chi connectivity index (χ0) is 7.56. The molecule has 1 nitrogen and oxygen atoms in total. The topological polar surface area (TPSA) is 12.9 Å². The Labute approximate surface area is 72.8 Å². The van der Waals surface area contributed by atoms with Crippen LogP contribution in [0.2, 0.25) is 0 Å². The number of pyridine rings is 1. The largest absolute Gasteiger partial charge is 0.263 e. The third kappa shape index (κ3) is 1.45. The fourth-order valence-corrected chi connectivity index (χ4v) is 1.21. The van der Waals surface area contributed by atoms with E-state index in [0.717, 1.165) is 0 Å². The molecule has 0 aliphatic heterocycles. The van der Waals surface area contributed by atoms with E-state index in [1.54, 1.807) is 6.20 Å². The highest BCUT2D eigenvalue weighted by Gasteiger charge is 2.02. The fraction of sp³-hybridized carbons (Fsp3) is 0.286. The van der Waals surface area contributed by atoms with Crippen LogP contribution in [0, 0.1) is 9.39 Å². The molecule has 0 aromatic carbocycles. The summed E-state index contributed by atoms with van der Waals surface area (Å²) in [5.74, 6) is -0.127. The molecule has 3 heteroatoms. The predicted molar refractivity (Wildman–Crippen MR) is 46.3 cm³/mol. The molecule has 0 atom stereocenters. The Kier molecular flexibility index (Phi) is 2.59. The molecule has 0 radical (unpaired) electrons. The Balaban J connectivity index is 3.14. The van der Waals surface area contributed by atoms with E-state index >= 15 is 0 Å². The van der Waals surface area contributed by atoms with E-state index in [-0.39, 0.29) is 5.82 Å².